The van der Waals surface area contributed by atoms with Gasteiger partial charge in [-0.15, -0.1) is 0 Å². The van der Waals surface area contributed by atoms with E-state index in [1.54, 1.807) is 17.1 Å². The van der Waals surface area contributed by atoms with Gasteiger partial charge >= 0.3 is 5.97 Å². The highest BCUT2D eigenvalue weighted by molar-refractivity contribution is 8.00. The second-order valence-electron chi connectivity index (χ2n) is 5.54. The molecule has 0 fully saturated rings. The Morgan fingerprint density at radius 2 is 2.12 bits per heavy atom. The molecule has 0 spiro atoms. The van der Waals surface area contributed by atoms with Gasteiger partial charge < -0.3 is 9.83 Å². The van der Waals surface area contributed by atoms with Crippen LogP contribution in [-0.2, 0) is 7.05 Å². The predicted octanol–water partition coefficient (Wildman–Crippen LogP) is 2.97. The van der Waals surface area contributed by atoms with E-state index in [4.69, 9.17) is 5.11 Å². The van der Waals surface area contributed by atoms with E-state index in [-0.39, 0.29) is 5.56 Å². The van der Waals surface area contributed by atoms with Gasteiger partial charge in [-0.1, -0.05) is 12.1 Å². The number of carbonyl (C=O) groups is 1. The first-order valence-electron chi connectivity index (χ1n) is 7.70. The second kappa shape index (κ2) is 6.52. The SMILES string of the molecule is Cn1ncc2cccc(NSc3cnn(-c4cc(C(=O)O)ccn4)c3)c21. The number of benzene rings is 1. The summed E-state index contributed by atoms with van der Waals surface area (Å²) in [4.78, 5) is 16.1. The number of anilines is 1. The molecular formula is C17H14N6O2S. The number of carboxylic acid groups (broad SMARTS) is 1. The molecule has 3 aromatic heterocycles. The fourth-order valence-corrected chi connectivity index (χ4v) is 3.24. The molecule has 2 N–H and O–H groups in total. The van der Waals surface area contributed by atoms with Crippen LogP contribution >= 0.6 is 11.9 Å². The number of pyridine rings is 1. The van der Waals surface area contributed by atoms with E-state index < -0.39 is 5.97 Å². The Morgan fingerprint density at radius 3 is 2.96 bits per heavy atom. The number of hydrogen-bond acceptors (Lipinski definition) is 6. The third kappa shape index (κ3) is 3.00. The van der Waals surface area contributed by atoms with Gasteiger partial charge in [0.1, 0.15) is 0 Å². The molecule has 4 rings (SSSR count). The molecule has 0 aliphatic rings. The van der Waals surface area contributed by atoms with Crippen molar-refractivity contribution in [2.24, 2.45) is 7.05 Å². The number of nitrogens with zero attached hydrogens (tertiary/aromatic N) is 5. The van der Waals surface area contributed by atoms with Gasteiger partial charge in [0.05, 0.1) is 34.1 Å². The lowest BCUT2D eigenvalue weighted by Gasteiger charge is -2.06. The molecule has 1 aromatic carbocycles. The van der Waals surface area contributed by atoms with Gasteiger partial charge in [-0.25, -0.2) is 14.5 Å². The van der Waals surface area contributed by atoms with Crippen molar-refractivity contribution in [2.45, 2.75) is 4.90 Å². The molecule has 130 valence electrons. The molecule has 0 saturated heterocycles. The van der Waals surface area contributed by atoms with Crippen LogP contribution in [0.3, 0.4) is 0 Å². The Balaban J connectivity index is 1.55. The van der Waals surface area contributed by atoms with Crippen molar-refractivity contribution in [1.82, 2.24) is 24.5 Å². The Morgan fingerprint density at radius 1 is 1.23 bits per heavy atom. The Kier molecular flexibility index (Phi) is 4.05. The summed E-state index contributed by atoms with van der Waals surface area (Å²) in [5, 5.41) is 18.7. The minimum atomic E-state index is -0.999. The smallest absolute Gasteiger partial charge is 0.335 e. The number of carboxylic acids is 1. The summed E-state index contributed by atoms with van der Waals surface area (Å²) >= 11 is 1.41. The van der Waals surface area contributed by atoms with E-state index >= 15 is 0 Å². The van der Waals surface area contributed by atoms with Crippen molar-refractivity contribution in [3.05, 3.63) is 60.7 Å². The van der Waals surface area contributed by atoms with Crippen molar-refractivity contribution in [3.63, 3.8) is 0 Å². The molecular weight excluding hydrogens is 352 g/mol. The first kappa shape index (κ1) is 16.2. The van der Waals surface area contributed by atoms with Gasteiger partial charge in [0.15, 0.2) is 5.82 Å². The van der Waals surface area contributed by atoms with Gasteiger partial charge in [-0.05, 0) is 30.1 Å². The first-order valence-corrected chi connectivity index (χ1v) is 8.51. The van der Waals surface area contributed by atoms with Crippen LogP contribution < -0.4 is 4.72 Å². The summed E-state index contributed by atoms with van der Waals surface area (Å²) in [5.41, 5.74) is 2.13. The fourth-order valence-electron chi connectivity index (χ4n) is 2.59. The van der Waals surface area contributed by atoms with Crippen LogP contribution in [0.4, 0.5) is 5.69 Å². The molecule has 0 aliphatic carbocycles. The lowest BCUT2D eigenvalue weighted by Crippen LogP contribution is -2.02. The van der Waals surface area contributed by atoms with E-state index in [1.165, 1.54) is 30.3 Å². The number of fused-ring (bicyclic) bond motifs is 1. The van der Waals surface area contributed by atoms with Crippen LogP contribution in [0, 0.1) is 0 Å². The zero-order valence-corrected chi connectivity index (χ0v) is 14.5. The van der Waals surface area contributed by atoms with E-state index in [1.807, 2.05) is 36.1 Å². The predicted molar refractivity (Wildman–Crippen MR) is 98.5 cm³/mol. The minimum Gasteiger partial charge on any atom is -0.478 e. The third-order valence-corrected chi connectivity index (χ3v) is 4.59. The molecule has 0 atom stereocenters. The zero-order chi connectivity index (χ0) is 18.1. The van der Waals surface area contributed by atoms with Gasteiger partial charge in [0, 0.05) is 24.8 Å². The average molecular weight is 366 g/mol. The van der Waals surface area contributed by atoms with Gasteiger partial charge in [0.25, 0.3) is 0 Å². The molecule has 4 aromatic rings. The van der Waals surface area contributed by atoms with Crippen LogP contribution in [-0.4, -0.2) is 35.6 Å². The molecule has 0 radical (unpaired) electrons. The molecule has 8 nitrogen and oxygen atoms in total. The molecule has 26 heavy (non-hydrogen) atoms. The number of aromatic nitrogens is 5. The maximum absolute atomic E-state index is 11.1. The number of nitrogens with one attached hydrogen (secondary N) is 1. The van der Waals surface area contributed by atoms with Crippen LogP contribution in [0.5, 0.6) is 0 Å². The molecule has 0 amide bonds. The number of aromatic carboxylic acids is 1. The minimum absolute atomic E-state index is 0.167. The zero-order valence-electron chi connectivity index (χ0n) is 13.7. The van der Waals surface area contributed by atoms with Gasteiger partial charge in [-0.2, -0.15) is 10.2 Å². The van der Waals surface area contributed by atoms with Crippen LogP contribution in [0.25, 0.3) is 16.7 Å². The van der Waals surface area contributed by atoms with Gasteiger partial charge in [-0.3, -0.25) is 4.68 Å². The number of hydrogen-bond donors (Lipinski definition) is 2. The number of para-hydroxylation sites is 1. The first-order chi connectivity index (χ1) is 12.6. The quantitative estimate of drug-likeness (QED) is 0.524. The average Bonchev–Trinajstić information content (AvgIpc) is 3.28. The van der Waals surface area contributed by atoms with E-state index in [0.717, 1.165) is 21.5 Å². The van der Waals surface area contributed by atoms with Crippen LogP contribution in [0.1, 0.15) is 10.4 Å². The number of rotatable bonds is 5. The summed E-state index contributed by atoms with van der Waals surface area (Å²) in [6.07, 6.45) is 6.75. The summed E-state index contributed by atoms with van der Waals surface area (Å²) in [6.45, 7) is 0. The summed E-state index contributed by atoms with van der Waals surface area (Å²) in [5.74, 6) is -0.549. The summed E-state index contributed by atoms with van der Waals surface area (Å²) in [7, 11) is 1.90. The molecule has 0 aliphatic heterocycles. The van der Waals surface area contributed by atoms with Crippen molar-refractivity contribution < 1.29 is 9.90 Å². The van der Waals surface area contributed by atoms with Crippen LogP contribution in [0.2, 0.25) is 0 Å². The van der Waals surface area contributed by atoms with Crippen LogP contribution in [0.15, 0.2) is 60.0 Å². The molecule has 0 bridgehead atoms. The number of aryl methyl sites for hydroxylation is 1. The Labute approximate surface area is 152 Å². The van der Waals surface area contributed by atoms with E-state index in [2.05, 4.69) is 19.9 Å². The highest BCUT2D eigenvalue weighted by Crippen LogP contribution is 2.27. The summed E-state index contributed by atoms with van der Waals surface area (Å²) in [6, 6.07) is 8.89. The largest absolute Gasteiger partial charge is 0.478 e. The van der Waals surface area contributed by atoms with E-state index in [0.29, 0.717) is 5.82 Å². The van der Waals surface area contributed by atoms with Gasteiger partial charge in [0.2, 0.25) is 0 Å². The third-order valence-electron chi connectivity index (χ3n) is 3.83. The maximum Gasteiger partial charge on any atom is 0.335 e. The highest BCUT2D eigenvalue weighted by atomic mass is 32.2. The van der Waals surface area contributed by atoms with Crippen molar-refractivity contribution in [3.8, 4) is 5.82 Å². The van der Waals surface area contributed by atoms with E-state index in [9.17, 15) is 4.79 Å². The molecule has 9 heteroatoms. The normalized spacial score (nSPS) is 11.0. The topological polar surface area (TPSA) is 97.9 Å². The second-order valence-corrected chi connectivity index (χ2v) is 6.42. The molecule has 0 saturated carbocycles. The van der Waals surface area contributed by atoms with Crippen molar-refractivity contribution in [2.75, 3.05) is 4.72 Å². The maximum atomic E-state index is 11.1. The van der Waals surface area contributed by atoms with Crippen molar-refractivity contribution in [1.29, 1.82) is 0 Å². The summed E-state index contributed by atoms with van der Waals surface area (Å²) < 4.78 is 6.68. The molecule has 0 unspecified atom stereocenters. The van der Waals surface area contributed by atoms with Crippen molar-refractivity contribution >= 4 is 34.5 Å². The lowest BCUT2D eigenvalue weighted by atomic mass is 10.2. The monoisotopic (exact) mass is 366 g/mol. The molecule has 3 heterocycles. The fraction of sp³-hybridized carbons (Fsp3) is 0.0588. The Hall–Kier alpha value is -3.33. The standard InChI is InChI=1S/C17H14N6O2S/c1-22-16-12(8-19-22)3-2-4-14(16)21-26-13-9-20-23(10-13)15-7-11(17(24)25)5-6-18-15/h2-10,21H,1H3,(H,24,25). The highest BCUT2D eigenvalue weighted by Gasteiger charge is 2.09. The lowest BCUT2D eigenvalue weighted by molar-refractivity contribution is 0.0696. The Bertz CT molecular complexity index is 1100.